The van der Waals surface area contributed by atoms with Crippen molar-refractivity contribution >= 4 is 38.5 Å². The van der Waals surface area contributed by atoms with Crippen molar-refractivity contribution in [3.05, 3.63) is 38.2 Å². The summed E-state index contributed by atoms with van der Waals surface area (Å²) in [5, 5.41) is 20.5. The molecule has 0 spiro atoms. The summed E-state index contributed by atoms with van der Waals surface area (Å²) >= 11 is 5.00. The van der Waals surface area contributed by atoms with Gasteiger partial charge in [0.05, 0.1) is 12.2 Å². The van der Waals surface area contributed by atoms with E-state index in [-0.39, 0.29) is 5.75 Å². The highest BCUT2D eigenvalue weighted by molar-refractivity contribution is 9.10. The van der Waals surface area contributed by atoms with E-state index in [9.17, 15) is 10.4 Å². The SMILES string of the molecule is CCOc1cc(Br)cc(C=Nc2sc3c(c2C#N)CCCC3)c1O. The molecule has 0 bridgehead atoms. The van der Waals surface area contributed by atoms with Crippen molar-refractivity contribution in [2.24, 2.45) is 4.99 Å². The highest BCUT2D eigenvalue weighted by Crippen LogP contribution is 2.40. The number of hydrogen-bond donors (Lipinski definition) is 1. The van der Waals surface area contributed by atoms with Crippen LogP contribution in [-0.2, 0) is 12.8 Å². The highest BCUT2D eigenvalue weighted by Gasteiger charge is 2.20. The van der Waals surface area contributed by atoms with Gasteiger partial charge in [-0.05, 0) is 50.3 Å². The molecule has 124 valence electrons. The number of rotatable bonds is 4. The average Bonchev–Trinajstić information content (AvgIpc) is 2.94. The van der Waals surface area contributed by atoms with Crippen LogP contribution in [0.25, 0.3) is 0 Å². The van der Waals surface area contributed by atoms with Crippen LogP contribution < -0.4 is 4.74 Å². The number of aromatic hydroxyl groups is 1. The van der Waals surface area contributed by atoms with E-state index < -0.39 is 0 Å². The van der Waals surface area contributed by atoms with Gasteiger partial charge in [-0.2, -0.15) is 5.26 Å². The number of thiophene rings is 1. The first-order chi connectivity index (χ1) is 11.6. The van der Waals surface area contributed by atoms with Crippen molar-refractivity contribution in [3.63, 3.8) is 0 Å². The van der Waals surface area contributed by atoms with Gasteiger partial charge in [-0.15, -0.1) is 11.3 Å². The van der Waals surface area contributed by atoms with Crippen LogP contribution in [0, 0.1) is 11.3 Å². The number of nitrogens with zero attached hydrogens (tertiary/aromatic N) is 2. The molecule has 1 aliphatic carbocycles. The zero-order valence-corrected chi connectivity index (χ0v) is 15.7. The quantitative estimate of drug-likeness (QED) is 0.719. The molecule has 0 amide bonds. The second kappa shape index (κ2) is 7.37. The van der Waals surface area contributed by atoms with Crippen LogP contribution in [0.5, 0.6) is 11.5 Å². The van der Waals surface area contributed by atoms with Crippen molar-refractivity contribution in [1.29, 1.82) is 5.26 Å². The van der Waals surface area contributed by atoms with Crippen LogP contribution >= 0.6 is 27.3 Å². The number of benzene rings is 1. The Kier molecular flexibility index (Phi) is 5.22. The lowest BCUT2D eigenvalue weighted by Crippen LogP contribution is -1.99. The Morgan fingerprint density at radius 2 is 2.21 bits per heavy atom. The van der Waals surface area contributed by atoms with Gasteiger partial charge < -0.3 is 9.84 Å². The monoisotopic (exact) mass is 404 g/mol. The average molecular weight is 405 g/mol. The molecule has 0 saturated carbocycles. The molecule has 0 saturated heterocycles. The molecule has 2 aromatic rings. The molecule has 4 nitrogen and oxygen atoms in total. The molecule has 0 fully saturated rings. The predicted molar refractivity (Wildman–Crippen MR) is 99.9 cm³/mol. The molecule has 0 aliphatic heterocycles. The van der Waals surface area contributed by atoms with Gasteiger partial charge in [0.25, 0.3) is 0 Å². The smallest absolute Gasteiger partial charge is 0.166 e. The number of phenolic OH excluding ortho intramolecular Hbond substituents is 1. The lowest BCUT2D eigenvalue weighted by atomic mass is 9.96. The first-order valence-corrected chi connectivity index (χ1v) is 9.49. The van der Waals surface area contributed by atoms with E-state index in [1.807, 2.05) is 6.92 Å². The molecule has 3 rings (SSSR count). The van der Waals surface area contributed by atoms with Gasteiger partial charge in [0, 0.05) is 21.1 Å². The molecule has 0 unspecified atom stereocenters. The molecule has 0 radical (unpaired) electrons. The fourth-order valence-electron chi connectivity index (χ4n) is 2.84. The van der Waals surface area contributed by atoms with E-state index in [1.54, 1.807) is 29.7 Å². The van der Waals surface area contributed by atoms with Gasteiger partial charge in [0.1, 0.15) is 11.1 Å². The van der Waals surface area contributed by atoms with Crippen LogP contribution in [0.2, 0.25) is 0 Å². The Labute approximate surface area is 153 Å². The van der Waals surface area contributed by atoms with E-state index in [2.05, 4.69) is 27.0 Å². The first-order valence-electron chi connectivity index (χ1n) is 7.88. The first kappa shape index (κ1) is 17.0. The summed E-state index contributed by atoms with van der Waals surface area (Å²) in [4.78, 5) is 5.77. The molecule has 1 aliphatic rings. The maximum Gasteiger partial charge on any atom is 0.166 e. The zero-order chi connectivity index (χ0) is 17.1. The van der Waals surface area contributed by atoms with Crippen LogP contribution in [0.1, 0.15) is 41.3 Å². The fourth-order valence-corrected chi connectivity index (χ4v) is 4.48. The molecule has 24 heavy (non-hydrogen) atoms. The predicted octanol–water partition coefficient (Wildman–Crippen LogP) is 5.12. The van der Waals surface area contributed by atoms with E-state index in [0.29, 0.717) is 23.5 Å². The maximum absolute atomic E-state index is 10.3. The van der Waals surface area contributed by atoms with Gasteiger partial charge in [-0.25, -0.2) is 4.99 Å². The summed E-state index contributed by atoms with van der Waals surface area (Å²) in [7, 11) is 0. The second-order valence-corrected chi connectivity index (χ2v) is 7.54. The summed E-state index contributed by atoms with van der Waals surface area (Å²) in [6.45, 7) is 2.33. The third-order valence-corrected chi connectivity index (χ3v) is 5.61. The van der Waals surface area contributed by atoms with E-state index in [4.69, 9.17) is 4.74 Å². The maximum atomic E-state index is 10.3. The van der Waals surface area contributed by atoms with Gasteiger partial charge >= 0.3 is 0 Å². The van der Waals surface area contributed by atoms with Gasteiger partial charge in [0.2, 0.25) is 0 Å². The number of aliphatic imine (C=N–C) groups is 1. The number of phenols is 1. The van der Waals surface area contributed by atoms with Crippen LogP contribution in [-0.4, -0.2) is 17.9 Å². The normalized spacial score (nSPS) is 13.7. The fraction of sp³-hybridized carbons (Fsp3) is 0.333. The van der Waals surface area contributed by atoms with Crippen molar-refractivity contribution in [2.45, 2.75) is 32.6 Å². The van der Waals surface area contributed by atoms with Gasteiger partial charge in [-0.1, -0.05) is 15.9 Å². The second-order valence-electron chi connectivity index (χ2n) is 5.54. The van der Waals surface area contributed by atoms with Crippen LogP contribution in [0.3, 0.4) is 0 Å². The molecule has 1 heterocycles. The Hall–Kier alpha value is -1.84. The Balaban J connectivity index is 1.97. The Bertz CT molecular complexity index is 837. The van der Waals surface area contributed by atoms with E-state index in [0.717, 1.165) is 34.3 Å². The summed E-state index contributed by atoms with van der Waals surface area (Å²) < 4.78 is 6.23. The highest BCUT2D eigenvalue weighted by atomic mass is 79.9. The zero-order valence-electron chi connectivity index (χ0n) is 13.3. The third-order valence-electron chi connectivity index (χ3n) is 3.95. The summed E-state index contributed by atoms with van der Waals surface area (Å²) in [5.41, 5.74) is 2.41. The summed E-state index contributed by atoms with van der Waals surface area (Å²) in [6.07, 6.45) is 5.89. The van der Waals surface area contributed by atoms with Crippen molar-refractivity contribution in [2.75, 3.05) is 6.61 Å². The van der Waals surface area contributed by atoms with E-state index in [1.165, 1.54) is 11.3 Å². The van der Waals surface area contributed by atoms with Crippen LogP contribution in [0.4, 0.5) is 5.00 Å². The number of hydrogen-bond acceptors (Lipinski definition) is 5. The number of ether oxygens (including phenoxy) is 1. The summed E-state index contributed by atoms with van der Waals surface area (Å²) in [6, 6.07) is 5.80. The number of halogens is 1. The topological polar surface area (TPSA) is 65.6 Å². The van der Waals surface area contributed by atoms with Gasteiger partial charge in [0.15, 0.2) is 11.5 Å². The molecular formula is C18H17BrN2O2S. The van der Waals surface area contributed by atoms with Crippen LogP contribution in [0.15, 0.2) is 21.6 Å². The number of nitriles is 1. The minimum atomic E-state index is 0.0589. The molecule has 1 aromatic heterocycles. The van der Waals surface area contributed by atoms with E-state index >= 15 is 0 Å². The molecular weight excluding hydrogens is 388 g/mol. The minimum Gasteiger partial charge on any atom is -0.504 e. The number of fused-ring (bicyclic) bond motifs is 1. The minimum absolute atomic E-state index is 0.0589. The van der Waals surface area contributed by atoms with Crippen molar-refractivity contribution in [3.8, 4) is 17.6 Å². The lowest BCUT2D eigenvalue weighted by molar-refractivity contribution is 0.317. The largest absolute Gasteiger partial charge is 0.504 e. The Morgan fingerprint density at radius 1 is 1.42 bits per heavy atom. The van der Waals surface area contributed by atoms with Crippen molar-refractivity contribution < 1.29 is 9.84 Å². The molecule has 1 N–H and O–H groups in total. The molecule has 6 heteroatoms. The number of aryl methyl sites for hydroxylation is 1. The standard InChI is InChI=1S/C18H17BrN2O2S/c1-2-23-15-8-12(19)7-11(17(15)22)10-21-18-14(9-20)13-5-3-4-6-16(13)24-18/h7-8,10,22H,2-6H2,1H3. The molecule has 0 atom stereocenters. The lowest BCUT2D eigenvalue weighted by Gasteiger charge is -2.09. The Morgan fingerprint density at radius 3 is 2.96 bits per heavy atom. The third kappa shape index (κ3) is 3.33. The van der Waals surface area contributed by atoms with Crippen molar-refractivity contribution in [1.82, 2.24) is 0 Å². The summed E-state index contributed by atoms with van der Waals surface area (Å²) in [5.74, 6) is 0.475. The van der Waals surface area contributed by atoms with Gasteiger partial charge in [-0.3, -0.25) is 0 Å². The molecule has 1 aromatic carbocycles.